The summed E-state index contributed by atoms with van der Waals surface area (Å²) in [5.74, 6) is 0.143. The predicted molar refractivity (Wildman–Crippen MR) is 73.3 cm³/mol. The molecule has 0 saturated carbocycles. The highest BCUT2D eigenvalue weighted by Crippen LogP contribution is 2.09. The molecule has 94 valence electrons. The third kappa shape index (κ3) is 4.57. The summed E-state index contributed by atoms with van der Waals surface area (Å²) in [6.45, 7) is 7.60. The maximum atomic E-state index is 7.44. The minimum atomic E-state index is 0.143. The van der Waals surface area contributed by atoms with E-state index in [0.29, 0.717) is 0 Å². The maximum absolute atomic E-state index is 7.44. The van der Waals surface area contributed by atoms with Crippen LogP contribution in [0.1, 0.15) is 37.8 Å². The monoisotopic (exact) mass is 233 g/mol. The zero-order valence-electron chi connectivity index (χ0n) is 10.9. The van der Waals surface area contributed by atoms with Crippen LogP contribution in [0.15, 0.2) is 24.3 Å². The Hall–Kier alpha value is -1.35. The number of hydrogen-bond acceptors (Lipinski definition) is 2. The molecule has 0 aromatic heterocycles. The van der Waals surface area contributed by atoms with Crippen molar-refractivity contribution in [3.05, 3.63) is 35.4 Å². The molecule has 0 heterocycles. The number of amidine groups is 1. The van der Waals surface area contributed by atoms with Gasteiger partial charge in [0.25, 0.3) is 0 Å². The first-order valence-electron chi connectivity index (χ1n) is 6.33. The first-order chi connectivity index (χ1) is 8.17. The molecule has 1 rings (SSSR count). The first-order valence-corrected chi connectivity index (χ1v) is 6.33. The van der Waals surface area contributed by atoms with Crippen LogP contribution in [-0.4, -0.2) is 23.8 Å². The maximum Gasteiger partial charge on any atom is 0.122 e. The van der Waals surface area contributed by atoms with Gasteiger partial charge in [-0.1, -0.05) is 32.0 Å². The smallest absolute Gasteiger partial charge is 0.122 e. The van der Waals surface area contributed by atoms with Crippen LogP contribution in [0.3, 0.4) is 0 Å². The Morgan fingerprint density at radius 3 is 2.41 bits per heavy atom. The number of rotatable bonds is 7. The lowest BCUT2D eigenvalue weighted by atomic mass is 10.1. The lowest BCUT2D eigenvalue weighted by molar-refractivity contribution is 0.266. The largest absolute Gasteiger partial charge is 0.384 e. The Morgan fingerprint density at radius 1 is 1.24 bits per heavy atom. The second-order valence-corrected chi connectivity index (χ2v) is 4.39. The summed E-state index contributed by atoms with van der Waals surface area (Å²) in [6.07, 6.45) is 2.35. The molecule has 0 fully saturated rings. The van der Waals surface area contributed by atoms with E-state index >= 15 is 0 Å². The highest BCUT2D eigenvalue weighted by molar-refractivity contribution is 5.95. The molecule has 0 aliphatic heterocycles. The van der Waals surface area contributed by atoms with E-state index in [4.69, 9.17) is 11.1 Å². The van der Waals surface area contributed by atoms with Gasteiger partial charge >= 0.3 is 0 Å². The third-order valence-corrected chi connectivity index (χ3v) is 2.72. The van der Waals surface area contributed by atoms with Crippen LogP contribution in [0.4, 0.5) is 0 Å². The highest BCUT2D eigenvalue weighted by Gasteiger charge is 2.05. The van der Waals surface area contributed by atoms with Crippen molar-refractivity contribution in [1.29, 1.82) is 5.41 Å². The van der Waals surface area contributed by atoms with E-state index in [1.165, 1.54) is 18.4 Å². The minimum absolute atomic E-state index is 0.143. The van der Waals surface area contributed by atoms with Crippen molar-refractivity contribution in [3.63, 3.8) is 0 Å². The normalized spacial score (nSPS) is 10.8. The van der Waals surface area contributed by atoms with Gasteiger partial charge in [-0.2, -0.15) is 0 Å². The summed E-state index contributed by atoms with van der Waals surface area (Å²) < 4.78 is 0. The number of nitrogen functional groups attached to an aromatic ring is 1. The number of nitrogens with zero attached hydrogens (tertiary/aromatic N) is 1. The molecule has 0 atom stereocenters. The Balaban J connectivity index is 2.71. The van der Waals surface area contributed by atoms with Crippen LogP contribution in [0, 0.1) is 5.41 Å². The summed E-state index contributed by atoms with van der Waals surface area (Å²) >= 11 is 0. The summed E-state index contributed by atoms with van der Waals surface area (Å²) in [7, 11) is 0. The number of benzene rings is 1. The summed E-state index contributed by atoms with van der Waals surface area (Å²) in [6, 6.07) is 7.98. The van der Waals surface area contributed by atoms with Crippen LogP contribution in [0.5, 0.6) is 0 Å². The highest BCUT2D eigenvalue weighted by atomic mass is 15.1. The lowest BCUT2D eigenvalue weighted by Gasteiger charge is -2.21. The van der Waals surface area contributed by atoms with E-state index < -0.39 is 0 Å². The van der Waals surface area contributed by atoms with Crippen LogP contribution in [0.2, 0.25) is 0 Å². The standard InChI is InChI=1S/C14H23N3/c1-3-8-17(9-4-2)11-12-6-5-7-13(10-12)14(15)16/h5-7,10H,3-4,8-9,11H2,1-2H3,(H3,15,16). The quantitative estimate of drug-likeness (QED) is 0.562. The van der Waals surface area contributed by atoms with Gasteiger partial charge in [-0.05, 0) is 37.6 Å². The fraction of sp³-hybridized carbons (Fsp3) is 0.500. The van der Waals surface area contributed by atoms with Crippen molar-refractivity contribution in [2.45, 2.75) is 33.2 Å². The Bertz CT molecular complexity index is 354. The molecule has 3 N–H and O–H groups in total. The SMILES string of the molecule is CCCN(CCC)Cc1cccc(C(=N)N)c1. The van der Waals surface area contributed by atoms with Crippen molar-refractivity contribution in [2.24, 2.45) is 5.73 Å². The summed E-state index contributed by atoms with van der Waals surface area (Å²) in [5.41, 5.74) is 7.55. The van der Waals surface area contributed by atoms with Gasteiger partial charge in [0.15, 0.2) is 0 Å². The lowest BCUT2D eigenvalue weighted by Crippen LogP contribution is -2.25. The van der Waals surface area contributed by atoms with Crippen molar-refractivity contribution in [1.82, 2.24) is 4.90 Å². The fourth-order valence-electron chi connectivity index (χ4n) is 2.00. The molecular formula is C14H23N3. The van der Waals surface area contributed by atoms with Crippen LogP contribution >= 0.6 is 0 Å². The van der Waals surface area contributed by atoms with Gasteiger partial charge in [0, 0.05) is 12.1 Å². The average molecular weight is 233 g/mol. The fourth-order valence-corrected chi connectivity index (χ4v) is 2.00. The van der Waals surface area contributed by atoms with Gasteiger partial charge in [0.05, 0.1) is 0 Å². The molecule has 0 aliphatic carbocycles. The van der Waals surface area contributed by atoms with Crippen molar-refractivity contribution >= 4 is 5.84 Å². The Kier molecular flexibility index (Phi) is 5.70. The second kappa shape index (κ2) is 7.07. The zero-order chi connectivity index (χ0) is 12.7. The Labute approximate surface area is 104 Å². The molecule has 0 unspecified atom stereocenters. The van der Waals surface area contributed by atoms with E-state index in [9.17, 15) is 0 Å². The second-order valence-electron chi connectivity index (χ2n) is 4.39. The van der Waals surface area contributed by atoms with Gasteiger partial charge in [0.2, 0.25) is 0 Å². The first kappa shape index (κ1) is 13.7. The number of nitrogens with two attached hydrogens (primary N) is 1. The topological polar surface area (TPSA) is 53.1 Å². The molecule has 0 bridgehead atoms. The molecule has 1 aromatic rings. The van der Waals surface area contributed by atoms with Crippen molar-refractivity contribution in [2.75, 3.05) is 13.1 Å². The molecule has 0 amide bonds. The molecule has 17 heavy (non-hydrogen) atoms. The molecule has 0 spiro atoms. The molecule has 3 heteroatoms. The summed E-state index contributed by atoms with van der Waals surface area (Å²) in [5, 5.41) is 7.44. The molecule has 1 aromatic carbocycles. The van der Waals surface area contributed by atoms with Crippen LogP contribution in [-0.2, 0) is 6.54 Å². The predicted octanol–water partition coefficient (Wildman–Crippen LogP) is 2.59. The van der Waals surface area contributed by atoms with E-state index in [1.54, 1.807) is 0 Å². The third-order valence-electron chi connectivity index (χ3n) is 2.72. The molecule has 0 radical (unpaired) electrons. The number of nitrogens with one attached hydrogen (secondary N) is 1. The molecule has 3 nitrogen and oxygen atoms in total. The zero-order valence-corrected chi connectivity index (χ0v) is 10.9. The molecule has 0 saturated heterocycles. The Morgan fingerprint density at radius 2 is 1.88 bits per heavy atom. The van der Waals surface area contributed by atoms with Gasteiger partial charge in [-0.25, -0.2) is 0 Å². The summed E-state index contributed by atoms with van der Waals surface area (Å²) in [4.78, 5) is 2.44. The average Bonchev–Trinajstić information content (AvgIpc) is 2.30. The minimum Gasteiger partial charge on any atom is -0.384 e. The van der Waals surface area contributed by atoms with Crippen molar-refractivity contribution < 1.29 is 0 Å². The molecular weight excluding hydrogens is 210 g/mol. The van der Waals surface area contributed by atoms with E-state index in [2.05, 4.69) is 24.8 Å². The van der Waals surface area contributed by atoms with Crippen LogP contribution < -0.4 is 5.73 Å². The van der Waals surface area contributed by atoms with E-state index in [1.807, 2.05) is 18.2 Å². The van der Waals surface area contributed by atoms with Gasteiger partial charge in [-0.15, -0.1) is 0 Å². The van der Waals surface area contributed by atoms with Gasteiger partial charge in [0.1, 0.15) is 5.84 Å². The van der Waals surface area contributed by atoms with E-state index in [-0.39, 0.29) is 5.84 Å². The number of hydrogen-bond donors (Lipinski definition) is 2. The molecule has 0 aliphatic rings. The van der Waals surface area contributed by atoms with Crippen LogP contribution in [0.25, 0.3) is 0 Å². The van der Waals surface area contributed by atoms with Gasteiger partial charge < -0.3 is 5.73 Å². The van der Waals surface area contributed by atoms with E-state index in [0.717, 1.165) is 25.2 Å². The van der Waals surface area contributed by atoms with Crippen molar-refractivity contribution in [3.8, 4) is 0 Å². The van der Waals surface area contributed by atoms with Gasteiger partial charge in [-0.3, -0.25) is 10.3 Å².